The Morgan fingerprint density at radius 2 is 2.08 bits per heavy atom. The van der Waals surface area contributed by atoms with E-state index in [9.17, 15) is 0 Å². The lowest BCUT2D eigenvalue weighted by molar-refractivity contribution is 0.126. The van der Waals surface area contributed by atoms with Crippen molar-refractivity contribution >= 4 is 5.82 Å². The SMILES string of the molecule is C=CCC[C@H](CN(C)Cc1cccnc1)Oc1ncc(C)c(N(C)C)n1. The fourth-order valence-corrected chi connectivity index (χ4v) is 2.78. The summed E-state index contributed by atoms with van der Waals surface area (Å²) in [6.45, 7) is 7.41. The number of aryl methyl sites for hydroxylation is 1. The highest BCUT2D eigenvalue weighted by Gasteiger charge is 2.16. The molecule has 0 unspecified atom stereocenters. The van der Waals surface area contributed by atoms with Gasteiger partial charge in [-0.05, 0) is 38.4 Å². The van der Waals surface area contributed by atoms with Crippen molar-refractivity contribution in [3.8, 4) is 6.01 Å². The number of aromatic nitrogens is 3. The predicted octanol–water partition coefficient (Wildman–Crippen LogP) is 3.09. The number of pyridine rings is 1. The number of rotatable bonds is 10. The van der Waals surface area contributed by atoms with Gasteiger partial charge in [0.05, 0.1) is 0 Å². The molecule has 0 amide bonds. The maximum Gasteiger partial charge on any atom is 0.318 e. The Labute approximate surface area is 156 Å². The minimum atomic E-state index is -0.00705. The topological polar surface area (TPSA) is 54.4 Å². The monoisotopic (exact) mass is 355 g/mol. The maximum absolute atomic E-state index is 6.12. The molecule has 0 N–H and O–H groups in total. The number of anilines is 1. The van der Waals surface area contributed by atoms with Crippen LogP contribution in [0.1, 0.15) is 24.0 Å². The number of likely N-dealkylation sites (N-methyl/N-ethyl adjacent to an activating group) is 1. The van der Waals surface area contributed by atoms with E-state index in [2.05, 4.69) is 39.5 Å². The predicted molar refractivity (Wildman–Crippen MR) is 106 cm³/mol. The van der Waals surface area contributed by atoms with E-state index in [1.54, 1.807) is 6.20 Å². The van der Waals surface area contributed by atoms with E-state index in [-0.39, 0.29) is 6.10 Å². The van der Waals surface area contributed by atoms with Crippen LogP contribution in [0.3, 0.4) is 0 Å². The summed E-state index contributed by atoms with van der Waals surface area (Å²) in [6.07, 6.45) is 9.15. The Bertz CT molecular complexity index is 690. The summed E-state index contributed by atoms with van der Waals surface area (Å²) >= 11 is 0. The first-order valence-corrected chi connectivity index (χ1v) is 8.85. The van der Waals surface area contributed by atoms with Crippen molar-refractivity contribution in [3.63, 3.8) is 0 Å². The van der Waals surface area contributed by atoms with Gasteiger partial charge >= 0.3 is 6.01 Å². The summed E-state index contributed by atoms with van der Waals surface area (Å²) in [5.74, 6) is 0.876. The molecule has 0 radical (unpaired) electrons. The van der Waals surface area contributed by atoms with Crippen molar-refractivity contribution < 1.29 is 4.74 Å². The molecule has 1 atom stereocenters. The molecule has 2 rings (SSSR count). The van der Waals surface area contributed by atoms with E-state index in [4.69, 9.17) is 4.74 Å². The van der Waals surface area contributed by atoms with Gasteiger partial charge < -0.3 is 9.64 Å². The lowest BCUT2D eigenvalue weighted by atomic mass is 10.1. The first kappa shape index (κ1) is 19.8. The molecule has 0 saturated heterocycles. The molecule has 26 heavy (non-hydrogen) atoms. The smallest absolute Gasteiger partial charge is 0.318 e. The minimum Gasteiger partial charge on any atom is -0.459 e. The van der Waals surface area contributed by atoms with Crippen LogP contribution in [0.25, 0.3) is 0 Å². The number of allylic oxidation sites excluding steroid dienone is 1. The summed E-state index contributed by atoms with van der Waals surface area (Å²) in [5.41, 5.74) is 2.21. The third-order valence-corrected chi connectivity index (χ3v) is 4.00. The van der Waals surface area contributed by atoms with Crippen LogP contribution in [0.5, 0.6) is 6.01 Å². The summed E-state index contributed by atoms with van der Waals surface area (Å²) < 4.78 is 6.12. The molecule has 2 heterocycles. The highest BCUT2D eigenvalue weighted by molar-refractivity contribution is 5.44. The molecule has 0 aliphatic rings. The van der Waals surface area contributed by atoms with Crippen molar-refractivity contribution in [2.75, 3.05) is 32.6 Å². The molecule has 0 bridgehead atoms. The minimum absolute atomic E-state index is 0.00705. The molecule has 2 aromatic rings. The Hall–Kier alpha value is -2.47. The molecule has 2 aromatic heterocycles. The van der Waals surface area contributed by atoms with E-state index in [0.29, 0.717) is 6.01 Å². The third-order valence-electron chi connectivity index (χ3n) is 4.00. The van der Waals surface area contributed by atoms with E-state index in [1.165, 1.54) is 5.56 Å². The number of hydrogen-bond donors (Lipinski definition) is 0. The Morgan fingerprint density at radius 1 is 1.27 bits per heavy atom. The quantitative estimate of drug-likeness (QED) is 0.611. The normalized spacial score (nSPS) is 12.0. The molecule has 0 aliphatic carbocycles. The second-order valence-electron chi connectivity index (χ2n) is 6.72. The second kappa shape index (κ2) is 9.87. The molecule has 140 valence electrons. The van der Waals surface area contributed by atoms with Gasteiger partial charge in [0.15, 0.2) is 0 Å². The Balaban J connectivity index is 2.04. The lowest BCUT2D eigenvalue weighted by Gasteiger charge is -2.24. The average Bonchev–Trinajstić information content (AvgIpc) is 2.61. The van der Waals surface area contributed by atoms with Crippen molar-refractivity contribution in [2.45, 2.75) is 32.4 Å². The zero-order valence-corrected chi connectivity index (χ0v) is 16.2. The van der Waals surface area contributed by atoms with Crippen LogP contribution in [0, 0.1) is 6.92 Å². The lowest BCUT2D eigenvalue weighted by Crippen LogP contribution is -2.33. The van der Waals surface area contributed by atoms with Crippen LogP contribution in [0.15, 0.2) is 43.4 Å². The maximum atomic E-state index is 6.12. The van der Waals surface area contributed by atoms with Crippen molar-refractivity contribution in [2.24, 2.45) is 0 Å². The van der Waals surface area contributed by atoms with Crippen LogP contribution in [-0.4, -0.2) is 53.6 Å². The Morgan fingerprint density at radius 3 is 2.73 bits per heavy atom. The van der Waals surface area contributed by atoms with Gasteiger partial charge in [0.2, 0.25) is 0 Å². The van der Waals surface area contributed by atoms with Crippen LogP contribution in [0.2, 0.25) is 0 Å². The second-order valence-corrected chi connectivity index (χ2v) is 6.72. The average molecular weight is 355 g/mol. The fraction of sp³-hybridized carbons (Fsp3) is 0.450. The van der Waals surface area contributed by atoms with Gasteiger partial charge in [0.25, 0.3) is 0 Å². The summed E-state index contributed by atoms with van der Waals surface area (Å²) in [7, 11) is 6.02. The van der Waals surface area contributed by atoms with Gasteiger partial charge in [-0.15, -0.1) is 6.58 Å². The van der Waals surface area contributed by atoms with Gasteiger partial charge in [0, 0.05) is 51.3 Å². The number of ether oxygens (including phenoxy) is 1. The molecule has 6 heteroatoms. The summed E-state index contributed by atoms with van der Waals surface area (Å²) in [4.78, 5) is 17.3. The number of nitrogens with zero attached hydrogens (tertiary/aromatic N) is 5. The molecule has 0 fully saturated rings. The summed E-state index contributed by atoms with van der Waals surface area (Å²) in [6, 6.07) is 4.45. The molecule has 0 aromatic carbocycles. The van der Waals surface area contributed by atoms with Crippen LogP contribution in [-0.2, 0) is 6.54 Å². The van der Waals surface area contributed by atoms with Crippen LogP contribution in [0.4, 0.5) is 5.82 Å². The largest absolute Gasteiger partial charge is 0.459 e. The van der Waals surface area contributed by atoms with Crippen LogP contribution >= 0.6 is 0 Å². The molecular weight excluding hydrogens is 326 g/mol. The molecule has 0 saturated carbocycles. The first-order chi connectivity index (χ1) is 12.5. The van der Waals surface area contributed by atoms with Gasteiger partial charge in [-0.1, -0.05) is 12.1 Å². The fourth-order valence-electron chi connectivity index (χ4n) is 2.78. The van der Waals surface area contributed by atoms with E-state index >= 15 is 0 Å². The van der Waals surface area contributed by atoms with E-state index in [1.807, 2.05) is 50.5 Å². The zero-order chi connectivity index (χ0) is 18.9. The first-order valence-electron chi connectivity index (χ1n) is 8.85. The molecular formula is C20H29N5O. The molecule has 0 aliphatic heterocycles. The van der Waals surface area contributed by atoms with Crippen molar-refractivity contribution in [1.29, 1.82) is 0 Å². The number of hydrogen-bond acceptors (Lipinski definition) is 6. The van der Waals surface area contributed by atoms with Crippen molar-refractivity contribution in [3.05, 3.63) is 54.5 Å². The van der Waals surface area contributed by atoms with Crippen LogP contribution < -0.4 is 9.64 Å². The van der Waals surface area contributed by atoms with Crippen molar-refractivity contribution in [1.82, 2.24) is 19.9 Å². The molecule has 0 spiro atoms. The van der Waals surface area contributed by atoms with Gasteiger partial charge in [0.1, 0.15) is 11.9 Å². The Kier molecular flexibility index (Phi) is 7.53. The van der Waals surface area contributed by atoms with Gasteiger partial charge in [-0.25, -0.2) is 4.98 Å². The third kappa shape index (κ3) is 6.11. The highest BCUT2D eigenvalue weighted by atomic mass is 16.5. The van der Waals surface area contributed by atoms with Gasteiger partial charge in [-0.3, -0.25) is 9.88 Å². The highest BCUT2D eigenvalue weighted by Crippen LogP contribution is 2.18. The van der Waals surface area contributed by atoms with E-state index < -0.39 is 0 Å². The van der Waals surface area contributed by atoms with E-state index in [0.717, 1.165) is 37.3 Å². The standard InChI is InChI=1S/C20H29N5O/c1-6-7-10-18(15-25(5)14-17-9-8-11-21-13-17)26-20-22-12-16(2)19(23-20)24(3)4/h6,8-9,11-13,18H,1,7,10,14-15H2,2-5H3/t18-/m1/s1. The molecule has 6 nitrogen and oxygen atoms in total. The van der Waals surface area contributed by atoms with Gasteiger partial charge in [-0.2, -0.15) is 4.98 Å². The summed E-state index contributed by atoms with van der Waals surface area (Å²) in [5, 5.41) is 0. The zero-order valence-electron chi connectivity index (χ0n) is 16.2.